The molecule has 2 unspecified atom stereocenters. The van der Waals surface area contributed by atoms with Gasteiger partial charge in [-0.25, -0.2) is 0 Å². The molecule has 0 aliphatic heterocycles. The SMILES string of the molecule is COC(=O)C(C)[CH2][Sn+2][CH2]C(C)C(=O)OC.[S-2]. The molecule has 0 fully saturated rings. The minimum atomic E-state index is -0.662. The van der Waals surface area contributed by atoms with Gasteiger partial charge in [0.2, 0.25) is 0 Å². The fourth-order valence-corrected chi connectivity index (χ4v) is 4.98. The maximum Gasteiger partial charge on any atom is -2.00 e. The Morgan fingerprint density at radius 1 is 1.00 bits per heavy atom. The van der Waals surface area contributed by atoms with Crippen LogP contribution >= 0.6 is 0 Å². The molecule has 16 heavy (non-hydrogen) atoms. The summed E-state index contributed by atoms with van der Waals surface area (Å²) in [4.78, 5) is 22.2. The Hall–Kier alpha value is 0.0887. The molecule has 0 bridgehead atoms. The summed E-state index contributed by atoms with van der Waals surface area (Å²) in [5.74, 6) is -0.346. The molecule has 0 aromatic carbocycles. The molecule has 0 amide bonds. The van der Waals surface area contributed by atoms with Gasteiger partial charge in [-0.05, 0) is 0 Å². The monoisotopic (exact) mass is 354 g/mol. The standard InChI is InChI=1S/2C5H9O2.S.Sn/c2*1-4(2)5(6)7-3;;/h2*4H,1H2,2-3H3;;/q;;-2;+2. The van der Waals surface area contributed by atoms with E-state index in [2.05, 4.69) is 9.47 Å². The second kappa shape index (κ2) is 10.3. The van der Waals surface area contributed by atoms with Gasteiger partial charge in [-0.1, -0.05) is 0 Å². The van der Waals surface area contributed by atoms with E-state index in [1.807, 2.05) is 13.8 Å². The maximum atomic E-state index is 11.1. The third-order valence-corrected chi connectivity index (χ3v) is 7.25. The first-order chi connectivity index (χ1) is 7.02. The first-order valence-corrected chi connectivity index (χ1v) is 8.92. The molecule has 0 aliphatic carbocycles. The summed E-state index contributed by atoms with van der Waals surface area (Å²) in [5.41, 5.74) is 0. The Bertz CT molecular complexity index is 201. The van der Waals surface area contributed by atoms with E-state index in [1.54, 1.807) is 0 Å². The Morgan fingerprint density at radius 3 is 1.56 bits per heavy atom. The van der Waals surface area contributed by atoms with Crippen LogP contribution < -0.4 is 0 Å². The van der Waals surface area contributed by atoms with Crippen LogP contribution in [0, 0.1) is 11.8 Å². The molecule has 0 rings (SSSR count). The maximum absolute atomic E-state index is 11.1. The molecule has 4 nitrogen and oxygen atoms in total. The van der Waals surface area contributed by atoms with E-state index in [0.717, 1.165) is 8.87 Å². The van der Waals surface area contributed by atoms with Crippen molar-refractivity contribution in [3.8, 4) is 0 Å². The Morgan fingerprint density at radius 2 is 1.31 bits per heavy atom. The zero-order chi connectivity index (χ0) is 11.8. The van der Waals surface area contributed by atoms with Gasteiger partial charge in [0.05, 0.1) is 0 Å². The van der Waals surface area contributed by atoms with Crippen molar-refractivity contribution in [1.82, 2.24) is 0 Å². The van der Waals surface area contributed by atoms with Gasteiger partial charge in [-0.15, -0.1) is 0 Å². The average molecular weight is 353 g/mol. The predicted molar refractivity (Wildman–Crippen MR) is 65.1 cm³/mol. The predicted octanol–water partition coefficient (Wildman–Crippen LogP) is 1.14. The fraction of sp³-hybridized carbons (Fsp3) is 0.800. The minimum absolute atomic E-state index is 0. The van der Waals surface area contributed by atoms with Crippen molar-refractivity contribution in [2.45, 2.75) is 22.7 Å². The third-order valence-electron chi connectivity index (χ3n) is 2.11. The first kappa shape index (κ1) is 18.5. The quantitative estimate of drug-likeness (QED) is 0.531. The van der Waals surface area contributed by atoms with Gasteiger partial charge in [-0.3, -0.25) is 0 Å². The molecule has 0 N–H and O–H groups in total. The molecule has 0 spiro atoms. The topological polar surface area (TPSA) is 52.6 Å². The van der Waals surface area contributed by atoms with E-state index in [9.17, 15) is 9.59 Å². The molecule has 0 aliphatic rings. The van der Waals surface area contributed by atoms with Gasteiger partial charge < -0.3 is 13.5 Å². The number of carbonyl (C=O) groups excluding carboxylic acids is 2. The summed E-state index contributed by atoms with van der Waals surface area (Å²) in [6.45, 7) is 3.74. The molecule has 0 saturated carbocycles. The van der Waals surface area contributed by atoms with E-state index in [-0.39, 0.29) is 37.3 Å². The van der Waals surface area contributed by atoms with Crippen LogP contribution in [0.5, 0.6) is 0 Å². The van der Waals surface area contributed by atoms with Crippen LogP contribution in [0.3, 0.4) is 0 Å². The minimum Gasteiger partial charge on any atom is -2.00 e. The number of esters is 2. The number of rotatable bonds is 6. The average Bonchev–Trinajstić information content (AvgIpc) is 2.26. The zero-order valence-electron chi connectivity index (χ0n) is 10.1. The summed E-state index contributed by atoms with van der Waals surface area (Å²) in [7, 11) is 2.81. The second-order valence-corrected chi connectivity index (χ2v) is 7.26. The normalized spacial score (nSPS) is 12.8. The Kier molecular flexibility index (Phi) is 11.8. The number of hydrogen-bond acceptors (Lipinski definition) is 4. The number of carbonyl (C=O) groups is 2. The second-order valence-electron chi connectivity index (χ2n) is 3.51. The van der Waals surface area contributed by atoms with Gasteiger partial charge in [0, 0.05) is 0 Å². The molecule has 2 atom stereocenters. The summed E-state index contributed by atoms with van der Waals surface area (Å²) in [5, 5.41) is 0. The van der Waals surface area contributed by atoms with Crippen molar-refractivity contribution in [3.05, 3.63) is 0 Å². The van der Waals surface area contributed by atoms with Crippen molar-refractivity contribution in [3.63, 3.8) is 0 Å². The number of methoxy groups -OCH3 is 2. The van der Waals surface area contributed by atoms with Gasteiger partial charge in [0.1, 0.15) is 0 Å². The van der Waals surface area contributed by atoms with Crippen molar-refractivity contribution in [1.29, 1.82) is 0 Å². The number of hydrogen-bond donors (Lipinski definition) is 0. The van der Waals surface area contributed by atoms with Crippen LogP contribution in [-0.2, 0) is 32.6 Å². The van der Waals surface area contributed by atoms with Crippen LogP contribution in [0.2, 0.25) is 8.87 Å². The molecule has 6 heteroatoms. The Balaban J connectivity index is 0. The first-order valence-electron chi connectivity index (χ1n) is 4.89. The van der Waals surface area contributed by atoms with E-state index >= 15 is 0 Å². The van der Waals surface area contributed by atoms with Crippen LogP contribution in [-0.4, -0.2) is 47.3 Å². The van der Waals surface area contributed by atoms with Crippen molar-refractivity contribution < 1.29 is 19.1 Å². The summed E-state index contributed by atoms with van der Waals surface area (Å²) in [6, 6.07) is 0. The van der Waals surface area contributed by atoms with Crippen LogP contribution in [0.4, 0.5) is 0 Å². The zero-order valence-corrected chi connectivity index (χ0v) is 13.8. The summed E-state index contributed by atoms with van der Waals surface area (Å²) < 4.78 is 11.1. The fourth-order valence-electron chi connectivity index (χ4n) is 1.09. The van der Waals surface area contributed by atoms with Crippen molar-refractivity contribution in [2.75, 3.05) is 14.2 Å². The van der Waals surface area contributed by atoms with E-state index in [4.69, 9.17) is 0 Å². The molecule has 0 saturated heterocycles. The molecule has 92 valence electrons. The molecule has 0 aromatic rings. The molecule has 0 radical (unpaired) electrons. The number of ether oxygens (including phenoxy) is 2. The Labute approximate surface area is 114 Å². The summed E-state index contributed by atoms with van der Waals surface area (Å²) in [6.07, 6.45) is 0. The smallest absolute Gasteiger partial charge is 2.00 e. The van der Waals surface area contributed by atoms with E-state index in [0.29, 0.717) is 0 Å². The van der Waals surface area contributed by atoms with Gasteiger partial charge in [0.15, 0.2) is 0 Å². The molecular formula is C10H18O4SSn. The van der Waals surface area contributed by atoms with Crippen LogP contribution in [0.25, 0.3) is 0 Å². The van der Waals surface area contributed by atoms with Crippen molar-refractivity contribution in [2.24, 2.45) is 11.8 Å². The molecule has 0 aromatic heterocycles. The largest absolute Gasteiger partial charge is 2.00 e. The van der Waals surface area contributed by atoms with Crippen molar-refractivity contribution >= 4 is 46.6 Å². The van der Waals surface area contributed by atoms with Crippen LogP contribution in [0.1, 0.15) is 13.8 Å². The van der Waals surface area contributed by atoms with Gasteiger partial charge in [-0.2, -0.15) is 0 Å². The summed E-state index contributed by atoms with van der Waals surface area (Å²) >= 11 is -0.662. The van der Waals surface area contributed by atoms with Crippen LogP contribution in [0.15, 0.2) is 0 Å². The van der Waals surface area contributed by atoms with Gasteiger partial charge >= 0.3 is 101 Å². The third kappa shape index (κ3) is 7.38. The van der Waals surface area contributed by atoms with Gasteiger partial charge in [0.25, 0.3) is 0 Å². The molecular weight excluding hydrogens is 335 g/mol. The van der Waals surface area contributed by atoms with E-state index in [1.165, 1.54) is 14.2 Å². The molecule has 0 heterocycles. The van der Waals surface area contributed by atoms with E-state index < -0.39 is 21.1 Å².